The first-order chi connectivity index (χ1) is 13.2. The molecule has 1 aromatic carbocycles. The van der Waals surface area contributed by atoms with E-state index in [-0.39, 0.29) is 12.0 Å². The largest absolute Gasteiger partial charge is 0.475 e. The Kier molecular flexibility index (Phi) is 7.17. The van der Waals surface area contributed by atoms with Gasteiger partial charge >= 0.3 is 5.97 Å². The molecule has 2 amide bonds. The Labute approximate surface area is 164 Å². The highest BCUT2D eigenvalue weighted by molar-refractivity contribution is 5.88. The fourth-order valence-electron chi connectivity index (χ4n) is 3.31. The van der Waals surface area contributed by atoms with E-state index in [1.54, 1.807) is 0 Å². The summed E-state index contributed by atoms with van der Waals surface area (Å²) in [6, 6.07) is 7.81. The number of hydrogen-bond donors (Lipinski definition) is 4. The van der Waals surface area contributed by atoms with Crippen LogP contribution in [0.1, 0.15) is 38.7 Å². The van der Waals surface area contributed by atoms with E-state index in [1.165, 1.54) is 13.0 Å². The van der Waals surface area contributed by atoms with Gasteiger partial charge in [0.2, 0.25) is 11.7 Å². The number of aliphatic carboxylic acids is 1. The molecule has 152 valence electrons. The first kappa shape index (κ1) is 21.4. The van der Waals surface area contributed by atoms with Crippen LogP contribution in [0.3, 0.4) is 0 Å². The summed E-state index contributed by atoms with van der Waals surface area (Å²) >= 11 is 0. The van der Waals surface area contributed by atoms with E-state index in [1.807, 2.05) is 44.2 Å². The Bertz CT molecular complexity index is 749. The number of ether oxygens (including phenoxy) is 1. The predicted octanol–water partition coefficient (Wildman–Crippen LogP) is 0.884. The molecule has 2 unspecified atom stereocenters. The summed E-state index contributed by atoms with van der Waals surface area (Å²) in [4.78, 5) is 35.8. The molecular formula is C20H27N3O5. The Morgan fingerprint density at radius 3 is 2.43 bits per heavy atom. The van der Waals surface area contributed by atoms with Crippen molar-refractivity contribution in [1.82, 2.24) is 10.6 Å². The highest BCUT2D eigenvalue weighted by Crippen LogP contribution is 2.23. The molecule has 5 atom stereocenters. The Balaban J connectivity index is 2.21. The van der Waals surface area contributed by atoms with Gasteiger partial charge in [0.05, 0.1) is 12.1 Å². The number of rotatable bonds is 7. The Morgan fingerprint density at radius 1 is 1.25 bits per heavy atom. The van der Waals surface area contributed by atoms with Crippen molar-refractivity contribution in [1.29, 1.82) is 0 Å². The van der Waals surface area contributed by atoms with Crippen LogP contribution in [0.25, 0.3) is 0 Å². The van der Waals surface area contributed by atoms with Gasteiger partial charge in [0, 0.05) is 18.9 Å². The number of carbonyl (C=O) groups excluding carboxylic acids is 2. The number of carboxylic acid groups (broad SMARTS) is 1. The molecule has 2 rings (SSSR count). The van der Waals surface area contributed by atoms with Crippen LogP contribution in [0, 0.1) is 0 Å². The van der Waals surface area contributed by atoms with E-state index in [2.05, 4.69) is 10.6 Å². The Morgan fingerprint density at radius 2 is 1.89 bits per heavy atom. The van der Waals surface area contributed by atoms with Gasteiger partial charge in [-0.15, -0.1) is 0 Å². The summed E-state index contributed by atoms with van der Waals surface area (Å²) in [7, 11) is 0. The summed E-state index contributed by atoms with van der Waals surface area (Å²) in [5, 5.41) is 14.7. The van der Waals surface area contributed by atoms with Crippen LogP contribution in [0.15, 0.2) is 42.2 Å². The smallest absolute Gasteiger partial charge is 0.370 e. The average molecular weight is 389 g/mol. The maximum atomic E-state index is 12.9. The first-order valence-electron chi connectivity index (χ1n) is 9.24. The average Bonchev–Trinajstić information content (AvgIpc) is 2.66. The van der Waals surface area contributed by atoms with Crippen molar-refractivity contribution in [3.8, 4) is 0 Å². The summed E-state index contributed by atoms with van der Waals surface area (Å²) in [6.07, 6.45) is 0.607. The SMILES string of the molecule is CCC(NC(=O)[C@@H]1OC(C(=O)O)=C[C@H](N)[C@H]1NC(C)=O)C(C)c1ccccc1. The van der Waals surface area contributed by atoms with Gasteiger partial charge in [0.15, 0.2) is 6.10 Å². The van der Waals surface area contributed by atoms with E-state index in [4.69, 9.17) is 10.5 Å². The van der Waals surface area contributed by atoms with E-state index < -0.39 is 41.7 Å². The number of nitrogens with one attached hydrogen (secondary N) is 2. The summed E-state index contributed by atoms with van der Waals surface area (Å²) in [6.45, 7) is 5.25. The van der Waals surface area contributed by atoms with Crippen molar-refractivity contribution in [2.75, 3.05) is 0 Å². The summed E-state index contributed by atoms with van der Waals surface area (Å²) in [5.41, 5.74) is 7.05. The van der Waals surface area contributed by atoms with Crippen molar-refractivity contribution in [3.05, 3.63) is 47.7 Å². The second-order valence-corrected chi connectivity index (χ2v) is 6.90. The number of carbonyl (C=O) groups is 3. The van der Waals surface area contributed by atoms with Gasteiger partial charge in [0.1, 0.15) is 0 Å². The van der Waals surface area contributed by atoms with Crippen LogP contribution in [0.4, 0.5) is 0 Å². The molecule has 0 fully saturated rings. The number of amides is 2. The molecule has 0 spiro atoms. The van der Waals surface area contributed by atoms with Crippen molar-refractivity contribution in [3.63, 3.8) is 0 Å². The third-order valence-corrected chi connectivity index (χ3v) is 4.87. The third-order valence-electron chi connectivity index (χ3n) is 4.87. The van der Waals surface area contributed by atoms with Crippen molar-refractivity contribution in [2.45, 2.75) is 57.3 Å². The molecule has 28 heavy (non-hydrogen) atoms. The van der Waals surface area contributed by atoms with Gasteiger partial charge in [-0.25, -0.2) is 4.79 Å². The number of nitrogens with two attached hydrogens (primary N) is 1. The fraction of sp³-hybridized carbons (Fsp3) is 0.450. The van der Waals surface area contributed by atoms with Gasteiger partial charge in [0.25, 0.3) is 5.91 Å². The second kappa shape index (κ2) is 9.36. The molecule has 8 heteroatoms. The van der Waals surface area contributed by atoms with Crippen LogP contribution in [-0.2, 0) is 19.1 Å². The van der Waals surface area contributed by atoms with E-state index in [0.717, 1.165) is 5.56 Å². The van der Waals surface area contributed by atoms with E-state index in [9.17, 15) is 19.5 Å². The highest BCUT2D eigenvalue weighted by atomic mass is 16.5. The van der Waals surface area contributed by atoms with E-state index >= 15 is 0 Å². The zero-order valence-electron chi connectivity index (χ0n) is 16.2. The molecule has 1 heterocycles. The molecule has 0 saturated carbocycles. The highest BCUT2D eigenvalue weighted by Gasteiger charge is 2.41. The van der Waals surface area contributed by atoms with Crippen LogP contribution < -0.4 is 16.4 Å². The second-order valence-electron chi connectivity index (χ2n) is 6.90. The lowest BCUT2D eigenvalue weighted by Gasteiger charge is -2.35. The number of carboxylic acids is 1. The molecule has 1 aliphatic heterocycles. The molecule has 1 aliphatic rings. The van der Waals surface area contributed by atoms with Gasteiger partial charge < -0.3 is 26.2 Å². The minimum atomic E-state index is -1.32. The van der Waals surface area contributed by atoms with Crippen LogP contribution in [-0.4, -0.2) is 47.1 Å². The summed E-state index contributed by atoms with van der Waals surface area (Å²) in [5.74, 6) is -2.60. The monoisotopic (exact) mass is 389 g/mol. The first-order valence-corrected chi connectivity index (χ1v) is 9.24. The standard InChI is InChI=1S/C20H27N3O5/c1-4-15(11(2)13-8-6-5-7-9-13)23-19(25)18-17(22-12(3)24)14(21)10-16(28-18)20(26)27/h5-11,14-15,17-18H,4,21H2,1-3H3,(H,22,24)(H,23,25)(H,26,27)/t11?,14-,15?,17+,18+/m0/s1. The van der Waals surface area contributed by atoms with Crippen molar-refractivity contribution in [2.24, 2.45) is 5.73 Å². The van der Waals surface area contributed by atoms with Gasteiger partial charge in [-0.3, -0.25) is 9.59 Å². The molecule has 0 radical (unpaired) electrons. The van der Waals surface area contributed by atoms with Crippen molar-refractivity contribution < 1.29 is 24.2 Å². The lowest BCUT2D eigenvalue weighted by molar-refractivity contribution is -0.143. The molecular weight excluding hydrogens is 362 g/mol. The maximum absolute atomic E-state index is 12.9. The topological polar surface area (TPSA) is 131 Å². The van der Waals surface area contributed by atoms with Gasteiger partial charge in [-0.05, 0) is 18.1 Å². The minimum absolute atomic E-state index is 0.0288. The van der Waals surface area contributed by atoms with Gasteiger partial charge in [-0.1, -0.05) is 44.2 Å². The lowest BCUT2D eigenvalue weighted by Crippen LogP contribution is -2.61. The fourth-order valence-corrected chi connectivity index (χ4v) is 3.31. The van der Waals surface area contributed by atoms with Crippen molar-refractivity contribution >= 4 is 17.8 Å². The summed E-state index contributed by atoms with van der Waals surface area (Å²) < 4.78 is 5.38. The molecule has 5 N–H and O–H groups in total. The molecule has 8 nitrogen and oxygen atoms in total. The lowest BCUT2D eigenvalue weighted by atomic mass is 9.91. The third kappa shape index (κ3) is 5.10. The zero-order valence-corrected chi connectivity index (χ0v) is 16.2. The normalized spacial score (nSPS) is 23.6. The van der Waals surface area contributed by atoms with Crippen LogP contribution >= 0.6 is 0 Å². The van der Waals surface area contributed by atoms with Gasteiger partial charge in [-0.2, -0.15) is 0 Å². The molecule has 0 aliphatic carbocycles. The molecule has 0 aromatic heterocycles. The number of benzene rings is 1. The zero-order chi connectivity index (χ0) is 20.8. The van der Waals surface area contributed by atoms with Crippen LogP contribution in [0.5, 0.6) is 0 Å². The molecule has 0 saturated heterocycles. The molecule has 1 aromatic rings. The minimum Gasteiger partial charge on any atom is -0.475 e. The number of hydrogen-bond acceptors (Lipinski definition) is 5. The Hall–Kier alpha value is -2.87. The predicted molar refractivity (Wildman–Crippen MR) is 103 cm³/mol. The molecule has 0 bridgehead atoms. The maximum Gasteiger partial charge on any atom is 0.370 e. The quantitative estimate of drug-likeness (QED) is 0.548. The van der Waals surface area contributed by atoms with Crippen LogP contribution in [0.2, 0.25) is 0 Å². The van der Waals surface area contributed by atoms with E-state index in [0.29, 0.717) is 6.42 Å².